The molecule has 0 radical (unpaired) electrons. The maximum absolute atomic E-state index is 5.67. The fourth-order valence-corrected chi connectivity index (χ4v) is 3.43. The first-order chi connectivity index (χ1) is 10.9. The van der Waals surface area contributed by atoms with Crippen LogP contribution in [0.5, 0.6) is 0 Å². The molecule has 0 N–H and O–H groups in total. The molecule has 1 aliphatic rings. The quantitative estimate of drug-likeness (QED) is 0.734. The predicted molar refractivity (Wildman–Crippen MR) is 87.7 cm³/mol. The average molecular weight is 311 g/mol. The molecule has 1 saturated heterocycles. The van der Waals surface area contributed by atoms with Gasteiger partial charge in [-0.2, -0.15) is 5.10 Å². The van der Waals surface area contributed by atoms with Crippen LogP contribution in [0.2, 0.25) is 0 Å². The third-order valence-electron chi connectivity index (χ3n) is 3.89. The highest BCUT2D eigenvalue weighted by atomic mass is 32.1. The first kappa shape index (κ1) is 13.7. The highest BCUT2D eigenvalue weighted by Crippen LogP contribution is 2.26. The van der Waals surface area contributed by atoms with Crippen molar-refractivity contribution in [2.24, 2.45) is 0 Å². The lowest BCUT2D eigenvalue weighted by molar-refractivity contribution is 0.0940. The summed E-state index contributed by atoms with van der Waals surface area (Å²) in [4.78, 5) is 4.37. The number of rotatable bonds is 4. The van der Waals surface area contributed by atoms with Crippen LogP contribution < -0.4 is 0 Å². The summed E-state index contributed by atoms with van der Waals surface area (Å²) in [5.41, 5.74) is 3.26. The van der Waals surface area contributed by atoms with Crippen molar-refractivity contribution in [1.82, 2.24) is 14.8 Å². The Balaban J connectivity index is 1.57. The number of nitrogens with zero attached hydrogens (tertiary/aromatic N) is 3. The highest BCUT2D eigenvalue weighted by molar-refractivity contribution is 7.13. The van der Waals surface area contributed by atoms with Gasteiger partial charge in [-0.15, -0.1) is 11.3 Å². The normalized spacial score (nSPS) is 17.9. The van der Waals surface area contributed by atoms with Crippen molar-refractivity contribution in [2.45, 2.75) is 25.5 Å². The molecule has 1 aromatic carbocycles. The second-order valence-electron chi connectivity index (χ2n) is 5.48. The molecule has 0 bridgehead atoms. The molecule has 0 saturated carbocycles. The standard InChI is InChI=1S/C17H17N3OS/c1-3-13(11-14(4-1)17-18-7-10-22-17)16-6-8-20(19-16)12-15-5-2-9-21-15/h1,3-4,6-8,10-11,15H,2,5,9,12H2/t15-/m0/s1. The third-order valence-corrected chi connectivity index (χ3v) is 4.72. The molecular weight excluding hydrogens is 294 g/mol. The molecule has 0 amide bonds. The van der Waals surface area contributed by atoms with Crippen molar-refractivity contribution in [2.75, 3.05) is 6.61 Å². The zero-order chi connectivity index (χ0) is 14.8. The molecule has 4 rings (SSSR count). The Morgan fingerprint density at radius 2 is 2.23 bits per heavy atom. The zero-order valence-electron chi connectivity index (χ0n) is 12.2. The Hall–Kier alpha value is -1.98. The summed E-state index contributed by atoms with van der Waals surface area (Å²) in [5.74, 6) is 0. The molecule has 3 heterocycles. The molecule has 3 aromatic rings. The van der Waals surface area contributed by atoms with Gasteiger partial charge >= 0.3 is 0 Å². The lowest BCUT2D eigenvalue weighted by atomic mass is 10.1. The van der Waals surface area contributed by atoms with Crippen molar-refractivity contribution in [3.63, 3.8) is 0 Å². The molecule has 0 unspecified atom stereocenters. The molecule has 0 aliphatic carbocycles. The molecule has 1 aliphatic heterocycles. The Labute approximate surface area is 133 Å². The second-order valence-corrected chi connectivity index (χ2v) is 6.37. The number of ether oxygens (including phenoxy) is 1. The van der Waals surface area contributed by atoms with Crippen molar-refractivity contribution < 1.29 is 4.74 Å². The number of benzene rings is 1. The number of thiazole rings is 1. The van der Waals surface area contributed by atoms with E-state index in [0.29, 0.717) is 6.10 Å². The van der Waals surface area contributed by atoms with Crippen molar-refractivity contribution in [1.29, 1.82) is 0 Å². The third kappa shape index (κ3) is 2.82. The van der Waals surface area contributed by atoms with Gasteiger partial charge in [-0.3, -0.25) is 4.68 Å². The smallest absolute Gasteiger partial charge is 0.123 e. The van der Waals surface area contributed by atoms with E-state index < -0.39 is 0 Å². The zero-order valence-corrected chi connectivity index (χ0v) is 13.0. The molecule has 0 spiro atoms. The molecule has 2 aromatic heterocycles. The van der Waals surface area contributed by atoms with Crippen molar-refractivity contribution >= 4 is 11.3 Å². The number of hydrogen-bond donors (Lipinski definition) is 0. The van der Waals surface area contributed by atoms with E-state index in [1.807, 2.05) is 22.5 Å². The Morgan fingerprint density at radius 1 is 1.27 bits per heavy atom. The van der Waals surface area contributed by atoms with Crippen LogP contribution in [0.25, 0.3) is 21.8 Å². The van der Waals surface area contributed by atoms with E-state index in [9.17, 15) is 0 Å². The Bertz CT molecular complexity index is 745. The first-order valence-corrected chi connectivity index (χ1v) is 8.42. The van der Waals surface area contributed by atoms with Gasteiger partial charge in [0.2, 0.25) is 0 Å². The Kier molecular flexibility index (Phi) is 3.74. The van der Waals surface area contributed by atoms with Crippen LogP contribution in [-0.2, 0) is 11.3 Å². The lowest BCUT2D eigenvalue weighted by Gasteiger charge is -2.08. The summed E-state index contributed by atoms with van der Waals surface area (Å²) in [6.45, 7) is 1.72. The summed E-state index contributed by atoms with van der Waals surface area (Å²) < 4.78 is 7.66. The molecule has 1 fully saturated rings. The summed E-state index contributed by atoms with van der Waals surface area (Å²) in [6, 6.07) is 10.5. The largest absolute Gasteiger partial charge is 0.376 e. The van der Waals surface area contributed by atoms with Crippen LogP contribution in [0, 0.1) is 0 Å². The van der Waals surface area contributed by atoms with Crippen LogP contribution in [0.3, 0.4) is 0 Å². The highest BCUT2D eigenvalue weighted by Gasteiger charge is 2.16. The minimum atomic E-state index is 0.314. The van der Waals surface area contributed by atoms with E-state index in [1.54, 1.807) is 11.3 Å². The topological polar surface area (TPSA) is 39.9 Å². The van der Waals surface area contributed by atoms with Crippen LogP contribution in [-0.4, -0.2) is 27.5 Å². The SMILES string of the molecule is c1cc(-c2ccn(C[C@@H]3CCCO3)n2)cc(-c2nccs2)c1. The first-order valence-electron chi connectivity index (χ1n) is 7.54. The van der Waals surface area contributed by atoms with Gasteiger partial charge in [-0.1, -0.05) is 18.2 Å². The van der Waals surface area contributed by atoms with Crippen LogP contribution >= 0.6 is 11.3 Å². The van der Waals surface area contributed by atoms with Crippen LogP contribution in [0.4, 0.5) is 0 Å². The van der Waals surface area contributed by atoms with E-state index in [2.05, 4.69) is 40.4 Å². The van der Waals surface area contributed by atoms with E-state index >= 15 is 0 Å². The summed E-state index contributed by atoms with van der Waals surface area (Å²) in [7, 11) is 0. The number of hydrogen-bond acceptors (Lipinski definition) is 4. The van der Waals surface area contributed by atoms with Crippen LogP contribution in [0.1, 0.15) is 12.8 Å². The Morgan fingerprint density at radius 3 is 3.05 bits per heavy atom. The summed E-state index contributed by atoms with van der Waals surface area (Å²) >= 11 is 1.65. The minimum absolute atomic E-state index is 0.314. The summed E-state index contributed by atoms with van der Waals surface area (Å²) in [6.07, 6.45) is 6.48. The van der Waals surface area contributed by atoms with Gasteiger partial charge in [0.15, 0.2) is 0 Å². The molecule has 4 nitrogen and oxygen atoms in total. The van der Waals surface area contributed by atoms with Gasteiger partial charge in [0.1, 0.15) is 5.01 Å². The monoisotopic (exact) mass is 311 g/mol. The average Bonchev–Trinajstić information content (AvgIpc) is 3.31. The van der Waals surface area contributed by atoms with Crippen molar-refractivity contribution in [3.05, 3.63) is 48.1 Å². The fourth-order valence-electron chi connectivity index (χ4n) is 2.79. The minimum Gasteiger partial charge on any atom is -0.376 e. The van der Waals surface area contributed by atoms with Gasteiger partial charge in [-0.25, -0.2) is 4.98 Å². The second kappa shape index (κ2) is 6.02. The van der Waals surface area contributed by atoms with E-state index in [1.165, 1.54) is 0 Å². The molecule has 22 heavy (non-hydrogen) atoms. The van der Waals surface area contributed by atoms with Gasteiger partial charge in [0.05, 0.1) is 18.3 Å². The van der Waals surface area contributed by atoms with E-state index in [0.717, 1.165) is 47.8 Å². The van der Waals surface area contributed by atoms with Crippen molar-refractivity contribution in [3.8, 4) is 21.8 Å². The molecule has 1 atom stereocenters. The maximum atomic E-state index is 5.67. The molecule has 112 valence electrons. The fraction of sp³-hybridized carbons (Fsp3) is 0.294. The predicted octanol–water partition coefficient (Wildman–Crippen LogP) is 3.85. The molecule has 5 heteroatoms. The lowest BCUT2D eigenvalue weighted by Crippen LogP contribution is -2.15. The molecular formula is C17H17N3OS. The van der Waals surface area contributed by atoms with E-state index in [-0.39, 0.29) is 0 Å². The van der Waals surface area contributed by atoms with Gasteiger partial charge in [0, 0.05) is 35.5 Å². The summed E-state index contributed by atoms with van der Waals surface area (Å²) in [5, 5.41) is 7.73. The van der Waals surface area contributed by atoms with Gasteiger partial charge < -0.3 is 4.74 Å². The van der Waals surface area contributed by atoms with E-state index in [4.69, 9.17) is 4.74 Å². The number of aromatic nitrogens is 3. The van der Waals surface area contributed by atoms with Gasteiger partial charge in [0.25, 0.3) is 0 Å². The van der Waals surface area contributed by atoms with Crippen LogP contribution in [0.15, 0.2) is 48.1 Å². The van der Waals surface area contributed by atoms with Gasteiger partial charge in [-0.05, 0) is 25.0 Å². The maximum Gasteiger partial charge on any atom is 0.123 e.